The molecule has 0 radical (unpaired) electrons. The van der Waals surface area contributed by atoms with Crippen LogP contribution in [0.15, 0.2) is 45.1 Å². The van der Waals surface area contributed by atoms with Gasteiger partial charge in [0.05, 0.1) is 8.68 Å². The van der Waals surface area contributed by atoms with Crippen LogP contribution < -0.4 is 10.0 Å². The molecule has 0 saturated heterocycles. The van der Waals surface area contributed by atoms with Gasteiger partial charge in [0.15, 0.2) is 0 Å². The normalized spacial score (nSPS) is 13.3. The lowest BCUT2D eigenvalue weighted by Crippen LogP contribution is -2.23. The molecule has 2 rings (SSSR count). The lowest BCUT2D eigenvalue weighted by molar-refractivity contribution is 0.581. The average Bonchev–Trinajstić information content (AvgIpc) is 2.90. The van der Waals surface area contributed by atoms with Crippen molar-refractivity contribution in [2.24, 2.45) is 0 Å². The molecular formula is C14H17BrN2O2S2. The second-order valence-electron chi connectivity index (χ2n) is 4.61. The fourth-order valence-corrected chi connectivity index (χ4v) is 4.32. The molecule has 1 unspecified atom stereocenters. The second-order valence-corrected chi connectivity index (χ2v) is 8.92. The zero-order valence-electron chi connectivity index (χ0n) is 11.8. The van der Waals surface area contributed by atoms with Gasteiger partial charge in [-0.2, -0.15) is 0 Å². The van der Waals surface area contributed by atoms with Crippen molar-refractivity contribution in [1.29, 1.82) is 0 Å². The van der Waals surface area contributed by atoms with Crippen LogP contribution in [0.4, 0.5) is 0 Å². The third kappa shape index (κ3) is 4.37. The fourth-order valence-electron chi connectivity index (χ4n) is 1.80. The maximum Gasteiger partial charge on any atom is 0.240 e. The van der Waals surface area contributed by atoms with Gasteiger partial charge in [-0.15, -0.1) is 11.3 Å². The summed E-state index contributed by atoms with van der Waals surface area (Å²) in [5.41, 5.74) is 1.05. The Balaban J connectivity index is 2.08. The van der Waals surface area contributed by atoms with Gasteiger partial charge in [0.25, 0.3) is 0 Å². The van der Waals surface area contributed by atoms with Gasteiger partial charge >= 0.3 is 0 Å². The quantitative estimate of drug-likeness (QED) is 0.797. The van der Waals surface area contributed by atoms with Gasteiger partial charge in [-0.25, -0.2) is 13.1 Å². The molecule has 0 aliphatic carbocycles. The van der Waals surface area contributed by atoms with E-state index in [-0.39, 0.29) is 10.9 Å². The molecule has 0 aliphatic heterocycles. The molecule has 0 saturated carbocycles. The van der Waals surface area contributed by atoms with Gasteiger partial charge in [-0.05, 0) is 59.7 Å². The third-order valence-corrected chi connectivity index (χ3v) is 6.23. The van der Waals surface area contributed by atoms with E-state index in [9.17, 15) is 8.42 Å². The molecule has 4 nitrogen and oxygen atoms in total. The molecular weight excluding hydrogens is 372 g/mol. The van der Waals surface area contributed by atoms with Crippen molar-refractivity contribution in [2.75, 3.05) is 7.05 Å². The molecule has 0 fully saturated rings. The summed E-state index contributed by atoms with van der Waals surface area (Å²) in [6, 6.07) is 10.9. The maximum absolute atomic E-state index is 12.2. The first-order valence-corrected chi connectivity index (χ1v) is 9.53. The first-order chi connectivity index (χ1) is 9.92. The first-order valence-electron chi connectivity index (χ1n) is 6.43. The van der Waals surface area contributed by atoms with E-state index in [1.807, 2.05) is 38.2 Å². The number of benzene rings is 1. The van der Waals surface area contributed by atoms with E-state index in [1.54, 1.807) is 12.1 Å². The Bertz CT molecular complexity index is 696. The van der Waals surface area contributed by atoms with Gasteiger partial charge in [0.1, 0.15) is 0 Å². The van der Waals surface area contributed by atoms with E-state index in [2.05, 4.69) is 26.0 Å². The van der Waals surface area contributed by atoms with Gasteiger partial charge in [-0.1, -0.05) is 12.1 Å². The van der Waals surface area contributed by atoms with Crippen LogP contribution in [0.1, 0.15) is 23.4 Å². The largest absolute Gasteiger partial charge is 0.313 e. The SMILES string of the molecule is CNC(C)c1ccc(S(=O)(=O)NCc2ccc(Br)s2)cc1. The predicted molar refractivity (Wildman–Crippen MR) is 90.0 cm³/mol. The number of rotatable bonds is 6. The van der Waals surface area contributed by atoms with Crippen LogP contribution in [0, 0.1) is 0 Å². The molecule has 1 atom stereocenters. The van der Waals surface area contributed by atoms with Gasteiger partial charge < -0.3 is 5.32 Å². The van der Waals surface area contributed by atoms with Crippen LogP contribution in [0.25, 0.3) is 0 Å². The van der Waals surface area contributed by atoms with E-state index in [1.165, 1.54) is 11.3 Å². The van der Waals surface area contributed by atoms with Crippen LogP contribution in [0.3, 0.4) is 0 Å². The average molecular weight is 389 g/mol. The zero-order valence-corrected chi connectivity index (χ0v) is 15.0. The van der Waals surface area contributed by atoms with Crippen LogP contribution in [-0.4, -0.2) is 15.5 Å². The molecule has 0 aliphatic rings. The van der Waals surface area contributed by atoms with Crippen molar-refractivity contribution in [1.82, 2.24) is 10.0 Å². The van der Waals surface area contributed by atoms with Crippen molar-refractivity contribution < 1.29 is 8.42 Å². The highest BCUT2D eigenvalue weighted by molar-refractivity contribution is 9.11. The van der Waals surface area contributed by atoms with Crippen molar-refractivity contribution in [3.05, 3.63) is 50.6 Å². The van der Waals surface area contributed by atoms with Gasteiger partial charge in [0.2, 0.25) is 10.0 Å². The summed E-state index contributed by atoms with van der Waals surface area (Å²) < 4.78 is 28.1. The summed E-state index contributed by atoms with van der Waals surface area (Å²) in [5.74, 6) is 0. The highest BCUT2D eigenvalue weighted by Crippen LogP contribution is 2.22. The van der Waals surface area contributed by atoms with E-state index < -0.39 is 10.0 Å². The number of nitrogens with one attached hydrogen (secondary N) is 2. The Labute approximate surface area is 137 Å². The minimum Gasteiger partial charge on any atom is -0.313 e. The van der Waals surface area contributed by atoms with Crippen molar-refractivity contribution in [3.63, 3.8) is 0 Å². The monoisotopic (exact) mass is 388 g/mol. The van der Waals surface area contributed by atoms with Crippen LogP contribution in [-0.2, 0) is 16.6 Å². The smallest absolute Gasteiger partial charge is 0.240 e. The summed E-state index contributed by atoms with van der Waals surface area (Å²) in [6.45, 7) is 2.32. The minimum atomic E-state index is -3.48. The second kappa shape index (κ2) is 7.02. The number of sulfonamides is 1. The predicted octanol–water partition coefficient (Wildman–Crippen LogP) is 3.27. The molecule has 1 aromatic carbocycles. The molecule has 0 spiro atoms. The van der Waals surface area contributed by atoms with E-state index >= 15 is 0 Å². The van der Waals surface area contributed by atoms with E-state index in [4.69, 9.17) is 0 Å². The lowest BCUT2D eigenvalue weighted by atomic mass is 10.1. The number of thiophene rings is 1. The number of halogens is 1. The third-order valence-electron chi connectivity index (χ3n) is 3.19. The summed E-state index contributed by atoms with van der Waals surface area (Å²) in [6.07, 6.45) is 0. The highest BCUT2D eigenvalue weighted by Gasteiger charge is 2.14. The topological polar surface area (TPSA) is 58.2 Å². The van der Waals surface area contributed by atoms with Crippen molar-refractivity contribution in [2.45, 2.75) is 24.4 Å². The fraction of sp³-hybridized carbons (Fsp3) is 0.286. The van der Waals surface area contributed by atoms with Crippen LogP contribution in [0.2, 0.25) is 0 Å². The lowest BCUT2D eigenvalue weighted by Gasteiger charge is -2.11. The van der Waals surface area contributed by atoms with E-state index in [0.717, 1.165) is 14.2 Å². The van der Waals surface area contributed by atoms with Crippen molar-refractivity contribution in [3.8, 4) is 0 Å². The zero-order chi connectivity index (χ0) is 15.5. The summed E-state index contributed by atoms with van der Waals surface area (Å²) >= 11 is 4.88. The molecule has 2 aromatic rings. The number of hydrogen-bond donors (Lipinski definition) is 2. The molecule has 114 valence electrons. The Morgan fingerprint density at radius 2 is 1.86 bits per heavy atom. The molecule has 0 amide bonds. The minimum absolute atomic E-state index is 0.193. The molecule has 0 bridgehead atoms. The molecule has 1 aromatic heterocycles. The van der Waals surface area contributed by atoms with Crippen LogP contribution >= 0.6 is 27.3 Å². The molecule has 2 N–H and O–H groups in total. The van der Waals surface area contributed by atoms with Gasteiger partial charge in [-0.3, -0.25) is 0 Å². The summed E-state index contributed by atoms with van der Waals surface area (Å²) in [5, 5.41) is 3.12. The number of hydrogen-bond acceptors (Lipinski definition) is 4. The Morgan fingerprint density at radius 1 is 1.19 bits per heavy atom. The Morgan fingerprint density at radius 3 is 2.38 bits per heavy atom. The van der Waals surface area contributed by atoms with E-state index in [0.29, 0.717) is 6.54 Å². The Kier molecular flexibility index (Phi) is 5.56. The molecule has 21 heavy (non-hydrogen) atoms. The highest BCUT2D eigenvalue weighted by atomic mass is 79.9. The first kappa shape index (κ1) is 16.6. The maximum atomic E-state index is 12.2. The molecule has 1 heterocycles. The van der Waals surface area contributed by atoms with Crippen LogP contribution in [0.5, 0.6) is 0 Å². The van der Waals surface area contributed by atoms with Crippen molar-refractivity contribution >= 4 is 37.3 Å². The van der Waals surface area contributed by atoms with Gasteiger partial charge in [0, 0.05) is 17.5 Å². The Hall–Kier alpha value is -0.730. The standard InChI is InChI=1S/C14H17BrN2O2S2/c1-10(16-2)11-3-6-13(7-4-11)21(18,19)17-9-12-5-8-14(15)20-12/h3-8,10,16-17H,9H2,1-2H3. The summed E-state index contributed by atoms with van der Waals surface area (Å²) in [4.78, 5) is 1.25. The summed E-state index contributed by atoms with van der Waals surface area (Å²) in [7, 11) is -1.61. The molecule has 7 heteroatoms.